The number of hydrogen-bond acceptors (Lipinski definition) is 5. The van der Waals surface area contributed by atoms with Crippen LogP contribution in [-0.4, -0.2) is 55.0 Å². The minimum atomic E-state index is -0.371. The van der Waals surface area contributed by atoms with Gasteiger partial charge in [-0.15, -0.1) is 0 Å². The predicted octanol–water partition coefficient (Wildman–Crippen LogP) is 2.98. The number of amidine groups is 1. The molecule has 0 spiro atoms. The van der Waals surface area contributed by atoms with E-state index < -0.39 is 0 Å². The van der Waals surface area contributed by atoms with E-state index in [2.05, 4.69) is 41.2 Å². The number of methoxy groups -OCH3 is 1. The molecule has 27 heavy (non-hydrogen) atoms. The second kappa shape index (κ2) is 7.19. The lowest BCUT2D eigenvalue weighted by molar-refractivity contribution is 0.258. The minimum absolute atomic E-state index is 0.246. The lowest BCUT2D eigenvalue weighted by Crippen LogP contribution is -2.49. The summed E-state index contributed by atoms with van der Waals surface area (Å²) in [5.74, 6) is 0.802. The summed E-state index contributed by atoms with van der Waals surface area (Å²) >= 11 is 0. The summed E-state index contributed by atoms with van der Waals surface area (Å²) in [5.41, 5.74) is 3.91. The fraction of sp³-hybridized carbons (Fsp3) is 0.381. The molecule has 0 radical (unpaired) electrons. The summed E-state index contributed by atoms with van der Waals surface area (Å²) in [4.78, 5) is 9.38. The first kappa shape index (κ1) is 17.8. The maximum Gasteiger partial charge on any atom is 0.165 e. The Bertz CT molecular complexity index is 871. The molecule has 6 heteroatoms. The number of ether oxygens (including phenoxy) is 1. The normalized spacial score (nSPS) is 22.4. The molecule has 1 aromatic carbocycles. The van der Waals surface area contributed by atoms with Gasteiger partial charge in [-0.3, -0.25) is 0 Å². The Morgan fingerprint density at radius 1 is 1.33 bits per heavy atom. The highest BCUT2D eigenvalue weighted by atomic mass is 19.1. The minimum Gasteiger partial charge on any atom is -0.494 e. The molecule has 3 heterocycles. The summed E-state index contributed by atoms with van der Waals surface area (Å²) in [6.07, 6.45) is 6.41. The molecule has 3 aliphatic heterocycles. The van der Waals surface area contributed by atoms with Crippen LogP contribution in [0.2, 0.25) is 0 Å². The van der Waals surface area contributed by atoms with Crippen LogP contribution in [0.5, 0.6) is 5.75 Å². The Morgan fingerprint density at radius 3 is 2.93 bits per heavy atom. The van der Waals surface area contributed by atoms with Crippen molar-refractivity contribution >= 4 is 11.5 Å². The lowest BCUT2D eigenvalue weighted by atomic mass is 10.1. The average Bonchev–Trinajstić information content (AvgIpc) is 2.67. The number of nitrogens with one attached hydrogen (secondary N) is 1. The maximum absolute atomic E-state index is 14.1. The highest BCUT2D eigenvalue weighted by molar-refractivity contribution is 6.04. The molecule has 0 amide bonds. The van der Waals surface area contributed by atoms with E-state index in [0.717, 1.165) is 48.8 Å². The Labute approximate surface area is 159 Å². The molecule has 3 aliphatic rings. The monoisotopic (exact) mass is 368 g/mol. The van der Waals surface area contributed by atoms with Crippen LogP contribution < -0.4 is 10.1 Å². The maximum atomic E-state index is 14.1. The molecule has 0 aromatic heterocycles. The molecule has 0 unspecified atom stereocenters. The number of nitrogens with zero attached hydrogens (tertiary/aromatic N) is 3. The Kier molecular flexibility index (Phi) is 4.74. The number of rotatable bonds is 3. The van der Waals surface area contributed by atoms with Crippen molar-refractivity contribution in [3.63, 3.8) is 0 Å². The van der Waals surface area contributed by atoms with E-state index in [9.17, 15) is 4.39 Å². The molecule has 0 bridgehead atoms. The van der Waals surface area contributed by atoms with Gasteiger partial charge in [0, 0.05) is 44.0 Å². The Hall–Kier alpha value is -2.60. The number of allylic oxidation sites excluding steroid dienone is 1. The molecule has 1 fully saturated rings. The molecule has 0 saturated carbocycles. The van der Waals surface area contributed by atoms with Gasteiger partial charge in [0.05, 0.1) is 18.5 Å². The van der Waals surface area contributed by atoms with Crippen LogP contribution in [0.15, 0.2) is 52.8 Å². The van der Waals surface area contributed by atoms with Gasteiger partial charge in [0.2, 0.25) is 0 Å². The molecule has 1 saturated heterocycles. The first-order valence-corrected chi connectivity index (χ1v) is 9.33. The SMILES string of the molecule is COc1ccc(C2=CCN3C=C(N4CCN[C@@H](C)C4)C=C(C)C3=N2)cc1F. The molecular formula is C21H25FN4O. The van der Waals surface area contributed by atoms with Crippen LogP contribution in [-0.2, 0) is 0 Å². The largest absolute Gasteiger partial charge is 0.494 e. The second-order valence-corrected chi connectivity index (χ2v) is 7.21. The van der Waals surface area contributed by atoms with Gasteiger partial charge in [-0.25, -0.2) is 9.38 Å². The van der Waals surface area contributed by atoms with Crippen LogP contribution in [0.3, 0.4) is 0 Å². The molecule has 0 aliphatic carbocycles. The summed E-state index contributed by atoms with van der Waals surface area (Å²) in [6, 6.07) is 5.46. The molecule has 1 atom stereocenters. The summed E-state index contributed by atoms with van der Waals surface area (Å²) in [5, 5.41) is 3.48. The van der Waals surface area contributed by atoms with Crippen molar-refractivity contribution in [2.24, 2.45) is 4.99 Å². The number of hydrogen-bond donors (Lipinski definition) is 1. The van der Waals surface area contributed by atoms with Gasteiger partial charge in [-0.2, -0.15) is 0 Å². The molecular weight excluding hydrogens is 343 g/mol. The van der Waals surface area contributed by atoms with Crippen LogP contribution >= 0.6 is 0 Å². The highest BCUT2D eigenvalue weighted by Gasteiger charge is 2.25. The van der Waals surface area contributed by atoms with E-state index in [-0.39, 0.29) is 11.6 Å². The Balaban J connectivity index is 1.58. The number of fused-ring (bicyclic) bond motifs is 1. The molecule has 5 nitrogen and oxygen atoms in total. The third-order valence-corrected chi connectivity index (χ3v) is 5.17. The molecule has 4 rings (SSSR count). The zero-order valence-electron chi connectivity index (χ0n) is 16.0. The standard InChI is InChI=1S/C21H25FN4O/c1-14-10-17(25-9-7-23-15(2)12-25)13-26-8-6-19(24-21(14)26)16-4-5-20(27-3)18(22)11-16/h4-6,10-11,13,15,23H,7-9,12H2,1-3H3/t15-/m0/s1. The quantitative estimate of drug-likeness (QED) is 0.891. The van der Waals surface area contributed by atoms with E-state index in [0.29, 0.717) is 6.04 Å². The van der Waals surface area contributed by atoms with Crippen molar-refractivity contribution in [3.8, 4) is 5.75 Å². The van der Waals surface area contributed by atoms with E-state index >= 15 is 0 Å². The van der Waals surface area contributed by atoms with E-state index in [1.165, 1.54) is 18.9 Å². The second-order valence-electron chi connectivity index (χ2n) is 7.21. The van der Waals surface area contributed by atoms with Crippen LogP contribution in [0.4, 0.5) is 4.39 Å². The number of piperazine rings is 1. The Morgan fingerprint density at radius 2 is 2.19 bits per heavy atom. The van der Waals surface area contributed by atoms with Crippen molar-refractivity contribution in [2.75, 3.05) is 33.3 Å². The zero-order valence-corrected chi connectivity index (χ0v) is 16.0. The average molecular weight is 368 g/mol. The van der Waals surface area contributed by atoms with Crippen molar-refractivity contribution in [1.82, 2.24) is 15.1 Å². The van der Waals surface area contributed by atoms with Crippen LogP contribution in [0.25, 0.3) is 5.70 Å². The van der Waals surface area contributed by atoms with Gasteiger partial charge in [0.25, 0.3) is 0 Å². The van der Waals surface area contributed by atoms with Crippen molar-refractivity contribution < 1.29 is 9.13 Å². The zero-order chi connectivity index (χ0) is 19.0. The summed E-state index contributed by atoms with van der Waals surface area (Å²) in [6.45, 7) is 8.02. The first-order chi connectivity index (χ1) is 13.0. The van der Waals surface area contributed by atoms with Crippen molar-refractivity contribution in [3.05, 3.63) is 59.2 Å². The van der Waals surface area contributed by atoms with Gasteiger partial charge in [0.15, 0.2) is 11.6 Å². The van der Waals surface area contributed by atoms with Gasteiger partial charge in [-0.1, -0.05) is 0 Å². The van der Waals surface area contributed by atoms with Crippen LogP contribution in [0, 0.1) is 5.82 Å². The fourth-order valence-corrected chi connectivity index (χ4v) is 3.75. The van der Waals surface area contributed by atoms with Gasteiger partial charge >= 0.3 is 0 Å². The molecule has 142 valence electrons. The van der Waals surface area contributed by atoms with E-state index in [1.807, 2.05) is 12.1 Å². The molecule has 1 N–H and O–H groups in total. The predicted molar refractivity (Wildman–Crippen MR) is 106 cm³/mol. The molecule has 1 aromatic rings. The number of benzene rings is 1. The number of halogens is 1. The number of aliphatic imine (C=N–C) groups is 1. The summed E-state index contributed by atoms with van der Waals surface area (Å²) in [7, 11) is 1.47. The topological polar surface area (TPSA) is 40.1 Å². The third-order valence-electron chi connectivity index (χ3n) is 5.17. The highest BCUT2D eigenvalue weighted by Crippen LogP contribution is 2.29. The smallest absolute Gasteiger partial charge is 0.165 e. The van der Waals surface area contributed by atoms with Crippen molar-refractivity contribution in [1.29, 1.82) is 0 Å². The van der Waals surface area contributed by atoms with Gasteiger partial charge in [0.1, 0.15) is 5.84 Å². The van der Waals surface area contributed by atoms with Gasteiger partial charge in [-0.05, 0) is 49.8 Å². The third kappa shape index (κ3) is 3.49. The van der Waals surface area contributed by atoms with E-state index in [4.69, 9.17) is 9.73 Å². The summed E-state index contributed by atoms with van der Waals surface area (Å²) < 4.78 is 19.1. The fourth-order valence-electron chi connectivity index (χ4n) is 3.75. The van der Waals surface area contributed by atoms with Crippen LogP contribution in [0.1, 0.15) is 19.4 Å². The first-order valence-electron chi connectivity index (χ1n) is 9.33. The van der Waals surface area contributed by atoms with Crippen molar-refractivity contribution in [2.45, 2.75) is 19.9 Å². The lowest BCUT2D eigenvalue weighted by Gasteiger charge is -2.38. The van der Waals surface area contributed by atoms with Gasteiger partial charge < -0.3 is 19.9 Å². The van der Waals surface area contributed by atoms with E-state index in [1.54, 1.807) is 6.07 Å².